The van der Waals surface area contributed by atoms with Crippen molar-refractivity contribution in [3.05, 3.63) is 59.4 Å². The van der Waals surface area contributed by atoms with Gasteiger partial charge in [-0.25, -0.2) is 4.39 Å². The van der Waals surface area contributed by atoms with Gasteiger partial charge in [-0.15, -0.1) is 0 Å². The molecule has 0 saturated carbocycles. The molecule has 3 nitrogen and oxygen atoms in total. The van der Waals surface area contributed by atoms with E-state index in [1.54, 1.807) is 18.2 Å². The summed E-state index contributed by atoms with van der Waals surface area (Å²) in [6.07, 6.45) is 0.279. The Balaban J connectivity index is 1.83. The lowest BCUT2D eigenvalue weighted by molar-refractivity contribution is -0.116. The zero-order valence-electron chi connectivity index (χ0n) is 12.2. The third-order valence-corrected chi connectivity index (χ3v) is 3.20. The fourth-order valence-electron chi connectivity index (χ4n) is 2.10. The van der Waals surface area contributed by atoms with Crippen molar-refractivity contribution in [1.29, 1.82) is 0 Å². The van der Waals surface area contributed by atoms with E-state index >= 15 is 0 Å². The molecule has 110 valence electrons. The van der Waals surface area contributed by atoms with Gasteiger partial charge in [0.15, 0.2) is 0 Å². The zero-order chi connectivity index (χ0) is 15.2. The first-order valence-corrected chi connectivity index (χ1v) is 6.92. The summed E-state index contributed by atoms with van der Waals surface area (Å²) >= 11 is 0. The van der Waals surface area contributed by atoms with Crippen molar-refractivity contribution in [1.82, 2.24) is 0 Å². The number of nitrogens with one attached hydrogen (secondary N) is 2. The smallest absolute Gasteiger partial charge is 0.226 e. The molecule has 1 amide bonds. The van der Waals surface area contributed by atoms with Crippen molar-refractivity contribution >= 4 is 17.3 Å². The SMILES string of the molecule is Cc1ccc(NCCC(=O)Nc2ccccc2F)c(C)c1. The van der Waals surface area contributed by atoms with Gasteiger partial charge in [0.1, 0.15) is 5.82 Å². The zero-order valence-corrected chi connectivity index (χ0v) is 12.2. The molecule has 0 unspecified atom stereocenters. The van der Waals surface area contributed by atoms with Crippen LogP contribution in [0.2, 0.25) is 0 Å². The standard InChI is InChI=1S/C17H19FN2O/c1-12-7-8-15(13(2)11-12)19-10-9-17(21)20-16-6-4-3-5-14(16)18/h3-8,11,19H,9-10H2,1-2H3,(H,20,21). The Morgan fingerprint density at radius 3 is 2.57 bits per heavy atom. The molecule has 2 rings (SSSR count). The Labute approximate surface area is 124 Å². The predicted octanol–water partition coefficient (Wildman–Crippen LogP) is 3.88. The van der Waals surface area contributed by atoms with Crippen LogP contribution in [-0.2, 0) is 4.79 Å². The summed E-state index contributed by atoms with van der Waals surface area (Å²) < 4.78 is 13.4. The van der Waals surface area contributed by atoms with Gasteiger partial charge in [0, 0.05) is 18.7 Å². The number of halogens is 1. The average molecular weight is 286 g/mol. The molecule has 4 heteroatoms. The molecular weight excluding hydrogens is 267 g/mol. The van der Waals surface area contributed by atoms with Crippen LogP contribution < -0.4 is 10.6 Å². The van der Waals surface area contributed by atoms with Gasteiger partial charge in [-0.2, -0.15) is 0 Å². The van der Waals surface area contributed by atoms with Crippen LogP contribution in [0.1, 0.15) is 17.5 Å². The van der Waals surface area contributed by atoms with Crippen LogP contribution in [0.25, 0.3) is 0 Å². The van der Waals surface area contributed by atoms with E-state index in [9.17, 15) is 9.18 Å². The second kappa shape index (κ2) is 6.88. The van der Waals surface area contributed by atoms with Crippen molar-refractivity contribution < 1.29 is 9.18 Å². The highest BCUT2D eigenvalue weighted by atomic mass is 19.1. The highest BCUT2D eigenvalue weighted by molar-refractivity contribution is 5.91. The van der Waals surface area contributed by atoms with Crippen LogP contribution in [0, 0.1) is 19.7 Å². The summed E-state index contributed by atoms with van der Waals surface area (Å²) in [6.45, 7) is 4.57. The van der Waals surface area contributed by atoms with E-state index in [1.165, 1.54) is 11.6 Å². The normalized spacial score (nSPS) is 10.2. The molecule has 0 aromatic heterocycles. The Kier molecular flexibility index (Phi) is 4.93. The number of benzene rings is 2. The second-order valence-corrected chi connectivity index (χ2v) is 5.02. The molecule has 0 bridgehead atoms. The first-order chi connectivity index (χ1) is 10.1. The molecule has 0 fully saturated rings. The predicted molar refractivity (Wildman–Crippen MR) is 84.1 cm³/mol. The molecule has 0 spiro atoms. The molecule has 0 aliphatic rings. The fraction of sp³-hybridized carbons (Fsp3) is 0.235. The lowest BCUT2D eigenvalue weighted by Crippen LogP contribution is -2.17. The van der Waals surface area contributed by atoms with E-state index in [0.717, 1.165) is 11.3 Å². The van der Waals surface area contributed by atoms with E-state index in [0.29, 0.717) is 6.54 Å². The number of carbonyl (C=O) groups is 1. The Morgan fingerprint density at radius 1 is 1.10 bits per heavy atom. The lowest BCUT2D eigenvalue weighted by atomic mass is 10.1. The molecule has 0 aliphatic heterocycles. The summed E-state index contributed by atoms with van der Waals surface area (Å²) in [5, 5.41) is 5.78. The van der Waals surface area contributed by atoms with Crippen molar-refractivity contribution in [2.24, 2.45) is 0 Å². The summed E-state index contributed by atoms with van der Waals surface area (Å²) in [6, 6.07) is 12.3. The van der Waals surface area contributed by atoms with Gasteiger partial charge in [-0.05, 0) is 37.6 Å². The van der Waals surface area contributed by atoms with E-state index in [4.69, 9.17) is 0 Å². The van der Waals surface area contributed by atoms with Crippen LogP contribution in [0.4, 0.5) is 15.8 Å². The molecule has 0 saturated heterocycles. The first-order valence-electron chi connectivity index (χ1n) is 6.92. The van der Waals surface area contributed by atoms with Crippen LogP contribution >= 0.6 is 0 Å². The molecule has 0 radical (unpaired) electrons. The summed E-state index contributed by atoms with van der Waals surface area (Å²) in [7, 11) is 0. The van der Waals surface area contributed by atoms with Gasteiger partial charge >= 0.3 is 0 Å². The number of para-hydroxylation sites is 1. The number of carbonyl (C=O) groups excluding carboxylic acids is 1. The largest absolute Gasteiger partial charge is 0.384 e. The summed E-state index contributed by atoms with van der Waals surface area (Å²) in [4.78, 5) is 11.8. The Morgan fingerprint density at radius 2 is 1.86 bits per heavy atom. The number of anilines is 2. The quantitative estimate of drug-likeness (QED) is 0.875. The molecular formula is C17H19FN2O. The monoisotopic (exact) mass is 286 g/mol. The van der Waals surface area contributed by atoms with Gasteiger partial charge < -0.3 is 10.6 Å². The molecule has 2 aromatic carbocycles. The highest BCUT2D eigenvalue weighted by Gasteiger charge is 2.06. The van der Waals surface area contributed by atoms with Gasteiger partial charge in [-0.3, -0.25) is 4.79 Å². The molecule has 2 N–H and O–H groups in total. The molecule has 21 heavy (non-hydrogen) atoms. The van der Waals surface area contributed by atoms with E-state index in [2.05, 4.69) is 16.7 Å². The van der Waals surface area contributed by atoms with Crippen LogP contribution in [-0.4, -0.2) is 12.5 Å². The van der Waals surface area contributed by atoms with Gasteiger partial charge in [-0.1, -0.05) is 29.8 Å². The number of rotatable bonds is 5. The summed E-state index contributed by atoms with van der Waals surface area (Å²) in [5.74, 6) is -0.634. The maximum absolute atomic E-state index is 13.4. The Hall–Kier alpha value is -2.36. The lowest BCUT2D eigenvalue weighted by Gasteiger charge is -2.10. The van der Waals surface area contributed by atoms with E-state index in [-0.39, 0.29) is 18.0 Å². The molecule has 0 aliphatic carbocycles. The molecule has 0 heterocycles. The van der Waals surface area contributed by atoms with Gasteiger partial charge in [0.2, 0.25) is 5.91 Å². The maximum atomic E-state index is 13.4. The van der Waals surface area contributed by atoms with Crippen molar-refractivity contribution in [2.45, 2.75) is 20.3 Å². The van der Waals surface area contributed by atoms with Crippen molar-refractivity contribution in [3.63, 3.8) is 0 Å². The van der Waals surface area contributed by atoms with Crippen LogP contribution in [0.3, 0.4) is 0 Å². The molecule has 2 aromatic rings. The van der Waals surface area contributed by atoms with Crippen molar-refractivity contribution in [2.75, 3.05) is 17.2 Å². The number of hydrogen-bond acceptors (Lipinski definition) is 2. The average Bonchev–Trinajstić information content (AvgIpc) is 2.44. The third-order valence-electron chi connectivity index (χ3n) is 3.20. The molecule has 0 atom stereocenters. The van der Waals surface area contributed by atoms with E-state index in [1.807, 2.05) is 26.0 Å². The van der Waals surface area contributed by atoms with Gasteiger partial charge in [0.05, 0.1) is 5.69 Å². The van der Waals surface area contributed by atoms with Crippen LogP contribution in [0.5, 0.6) is 0 Å². The fourth-order valence-corrected chi connectivity index (χ4v) is 2.10. The summed E-state index contributed by atoms with van der Waals surface area (Å²) in [5.41, 5.74) is 3.58. The minimum absolute atomic E-state index is 0.211. The third kappa shape index (κ3) is 4.31. The minimum atomic E-state index is -0.423. The Bertz CT molecular complexity index is 640. The minimum Gasteiger partial charge on any atom is -0.384 e. The topological polar surface area (TPSA) is 41.1 Å². The number of aryl methyl sites for hydroxylation is 2. The second-order valence-electron chi connectivity index (χ2n) is 5.02. The number of hydrogen-bond donors (Lipinski definition) is 2. The van der Waals surface area contributed by atoms with Crippen LogP contribution in [0.15, 0.2) is 42.5 Å². The van der Waals surface area contributed by atoms with E-state index < -0.39 is 5.82 Å². The van der Waals surface area contributed by atoms with Gasteiger partial charge in [0.25, 0.3) is 0 Å². The number of amides is 1. The van der Waals surface area contributed by atoms with Crippen molar-refractivity contribution in [3.8, 4) is 0 Å². The highest BCUT2D eigenvalue weighted by Crippen LogP contribution is 2.16. The first kappa shape index (κ1) is 15.0. The maximum Gasteiger partial charge on any atom is 0.226 e.